The summed E-state index contributed by atoms with van der Waals surface area (Å²) in [5.74, 6) is -1.38. The van der Waals surface area contributed by atoms with Crippen molar-refractivity contribution in [1.82, 2.24) is 15.5 Å². The van der Waals surface area contributed by atoms with Crippen LogP contribution in [-0.2, 0) is 9.84 Å². The number of aromatic amines is 1. The Kier molecular flexibility index (Phi) is 5.98. The lowest BCUT2D eigenvalue weighted by atomic mass is 9.91. The molecule has 6 nitrogen and oxygen atoms in total. The molecule has 170 valence electrons. The average Bonchev–Trinajstić information content (AvgIpc) is 3.21. The topological polar surface area (TPSA) is 91.9 Å². The van der Waals surface area contributed by atoms with Crippen LogP contribution < -0.4 is 5.32 Å². The molecule has 1 fully saturated rings. The monoisotopic (exact) mass is 465 g/mol. The van der Waals surface area contributed by atoms with Crippen LogP contribution >= 0.6 is 0 Å². The minimum atomic E-state index is -3.03. The zero-order valence-corrected chi connectivity index (χ0v) is 18.1. The van der Waals surface area contributed by atoms with Crippen LogP contribution in [0.3, 0.4) is 0 Å². The quantitative estimate of drug-likeness (QED) is 0.583. The lowest BCUT2D eigenvalue weighted by Gasteiger charge is -2.23. The van der Waals surface area contributed by atoms with E-state index in [1.807, 2.05) is 6.07 Å². The second-order valence-electron chi connectivity index (χ2n) is 8.08. The number of alkyl halides is 2. The van der Waals surface area contributed by atoms with E-state index in [2.05, 4.69) is 15.5 Å². The fourth-order valence-electron chi connectivity index (χ4n) is 4.14. The summed E-state index contributed by atoms with van der Waals surface area (Å²) in [6, 6.07) is 6.41. The number of hydrogen-bond acceptors (Lipinski definition) is 4. The molecule has 1 aliphatic rings. The standard InChI is InChI=1S/C22H22F3N3O3S/c1-12(16-3-2-4-17(19(16)23)21(24)25)27-22(29)18-10-14(9-15-11-26-28-20(15)18)13-5-7-32(30,31)8-6-13/h2-4,9-13,21H,5-8H2,1H3,(H,26,28)(H,27,29)/t12-/m1/s1. The van der Waals surface area contributed by atoms with E-state index in [9.17, 15) is 26.4 Å². The third kappa shape index (κ3) is 4.36. The number of amides is 1. The van der Waals surface area contributed by atoms with Crippen LogP contribution in [0.4, 0.5) is 13.2 Å². The van der Waals surface area contributed by atoms with Crippen LogP contribution in [0.2, 0.25) is 0 Å². The van der Waals surface area contributed by atoms with Crippen molar-refractivity contribution in [2.75, 3.05) is 11.5 Å². The minimum Gasteiger partial charge on any atom is -0.345 e. The average molecular weight is 465 g/mol. The Morgan fingerprint density at radius 2 is 1.88 bits per heavy atom. The molecule has 0 bridgehead atoms. The molecule has 2 aromatic carbocycles. The summed E-state index contributed by atoms with van der Waals surface area (Å²) >= 11 is 0. The normalized spacial score (nSPS) is 17.5. The smallest absolute Gasteiger partial charge is 0.266 e. The number of aromatic nitrogens is 2. The zero-order valence-electron chi connectivity index (χ0n) is 17.2. The molecule has 10 heteroatoms. The van der Waals surface area contributed by atoms with Crippen LogP contribution in [0.15, 0.2) is 36.5 Å². The Morgan fingerprint density at radius 3 is 2.56 bits per heavy atom. The van der Waals surface area contributed by atoms with Crippen LogP contribution in [-0.4, -0.2) is 36.0 Å². The van der Waals surface area contributed by atoms with E-state index < -0.39 is 39.6 Å². The van der Waals surface area contributed by atoms with Gasteiger partial charge in [-0.05, 0) is 43.4 Å². The maximum atomic E-state index is 14.5. The Balaban J connectivity index is 1.63. The highest BCUT2D eigenvalue weighted by Crippen LogP contribution is 2.33. The highest BCUT2D eigenvalue weighted by Gasteiger charge is 2.27. The van der Waals surface area contributed by atoms with Crippen molar-refractivity contribution in [1.29, 1.82) is 0 Å². The van der Waals surface area contributed by atoms with Gasteiger partial charge in [0.1, 0.15) is 15.7 Å². The summed E-state index contributed by atoms with van der Waals surface area (Å²) in [6.07, 6.45) is -0.452. The second-order valence-corrected chi connectivity index (χ2v) is 10.4. The molecular weight excluding hydrogens is 443 g/mol. The van der Waals surface area contributed by atoms with Gasteiger partial charge in [-0.2, -0.15) is 5.10 Å². The van der Waals surface area contributed by atoms with E-state index in [4.69, 9.17) is 0 Å². The van der Waals surface area contributed by atoms with Crippen molar-refractivity contribution in [3.8, 4) is 0 Å². The number of nitrogens with one attached hydrogen (secondary N) is 2. The lowest BCUT2D eigenvalue weighted by Crippen LogP contribution is -2.28. The summed E-state index contributed by atoms with van der Waals surface area (Å²) in [7, 11) is -3.03. The van der Waals surface area contributed by atoms with Crippen molar-refractivity contribution < 1.29 is 26.4 Å². The molecule has 0 unspecified atom stereocenters. The van der Waals surface area contributed by atoms with Crippen molar-refractivity contribution in [3.63, 3.8) is 0 Å². The number of H-pyrrole nitrogens is 1. The molecule has 2 N–H and O–H groups in total. The van der Waals surface area contributed by atoms with E-state index in [0.717, 1.165) is 11.6 Å². The van der Waals surface area contributed by atoms with Gasteiger partial charge in [0.15, 0.2) is 0 Å². The van der Waals surface area contributed by atoms with Gasteiger partial charge in [-0.1, -0.05) is 18.2 Å². The van der Waals surface area contributed by atoms with E-state index in [0.29, 0.717) is 23.7 Å². The van der Waals surface area contributed by atoms with Crippen LogP contribution in [0.1, 0.15) is 65.2 Å². The molecule has 0 spiro atoms. The molecule has 0 saturated carbocycles. The third-order valence-corrected chi connectivity index (χ3v) is 7.66. The fraction of sp³-hybridized carbons (Fsp3) is 0.364. The van der Waals surface area contributed by atoms with Gasteiger partial charge in [0, 0.05) is 10.9 Å². The summed E-state index contributed by atoms with van der Waals surface area (Å²) in [5.41, 5.74) is 0.848. The molecule has 32 heavy (non-hydrogen) atoms. The number of rotatable bonds is 5. The number of fused-ring (bicyclic) bond motifs is 1. The Morgan fingerprint density at radius 1 is 1.19 bits per heavy atom. The van der Waals surface area contributed by atoms with Crippen LogP contribution in [0.5, 0.6) is 0 Å². The predicted octanol–water partition coefficient (Wildman–Crippen LogP) is 4.42. The van der Waals surface area contributed by atoms with Crippen LogP contribution in [0.25, 0.3) is 10.9 Å². The van der Waals surface area contributed by atoms with Crippen molar-refractivity contribution in [3.05, 3.63) is 64.6 Å². The molecule has 1 atom stereocenters. The molecular formula is C22H22F3N3O3S. The van der Waals surface area contributed by atoms with Gasteiger partial charge in [-0.3, -0.25) is 9.89 Å². The second kappa shape index (κ2) is 8.57. The number of nitrogens with zero attached hydrogens (tertiary/aromatic N) is 1. The Hall–Kier alpha value is -2.88. The SMILES string of the molecule is C[C@@H](NC(=O)c1cc(C2CCS(=O)(=O)CC2)cc2cn[nH]c12)c1cccc(C(F)F)c1F. The van der Waals surface area contributed by atoms with Gasteiger partial charge < -0.3 is 5.32 Å². The van der Waals surface area contributed by atoms with Crippen molar-refractivity contribution in [2.24, 2.45) is 0 Å². The van der Waals surface area contributed by atoms with Gasteiger partial charge in [0.25, 0.3) is 12.3 Å². The lowest BCUT2D eigenvalue weighted by molar-refractivity contribution is 0.0940. The summed E-state index contributed by atoms with van der Waals surface area (Å²) in [5, 5.41) is 10.1. The number of hydrogen-bond donors (Lipinski definition) is 2. The van der Waals surface area contributed by atoms with Gasteiger partial charge in [0.2, 0.25) is 0 Å². The molecule has 1 amide bonds. The van der Waals surface area contributed by atoms with E-state index in [1.54, 1.807) is 12.3 Å². The fourth-order valence-corrected chi connectivity index (χ4v) is 5.63. The predicted molar refractivity (Wildman–Crippen MR) is 114 cm³/mol. The van der Waals surface area contributed by atoms with Gasteiger partial charge in [-0.15, -0.1) is 0 Å². The highest BCUT2D eigenvalue weighted by atomic mass is 32.2. The van der Waals surface area contributed by atoms with E-state index in [1.165, 1.54) is 19.1 Å². The third-order valence-electron chi connectivity index (χ3n) is 5.95. The number of sulfone groups is 1. The first-order valence-electron chi connectivity index (χ1n) is 10.2. The molecule has 1 aliphatic heterocycles. The van der Waals surface area contributed by atoms with Gasteiger partial charge in [0.05, 0.1) is 40.4 Å². The van der Waals surface area contributed by atoms with Gasteiger partial charge >= 0.3 is 0 Å². The minimum absolute atomic E-state index is 0.0121. The zero-order chi connectivity index (χ0) is 23.0. The maximum Gasteiger partial charge on any atom is 0.266 e. The summed E-state index contributed by atoms with van der Waals surface area (Å²) < 4.78 is 64.1. The first-order valence-corrected chi connectivity index (χ1v) is 12.0. The molecule has 0 aliphatic carbocycles. The number of carbonyl (C=O) groups excluding carboxylic acids is 1. The van der Waals surface area contributed by atoms with E-state index in [-0.39, 0.29) is 28.6 Å². The highest BCUT2D eigenvalue weighted by molar-refractivity contribution is 7.91. The molecule has 1 aromatic heterocycles. The molecule has 2 heterocycles. The number of benzene rings is 2. The van der Waals surface area contributed by atoms with Crippen molar-refractivity contribution >= 4 is 26.6 Å². The number of carbonyl (C=O) groups is 1. The first-order chi connectivity index (χ1) is 15.2. The van der Waals surface area contributed by atoms with Gasteiger partial charge in [-0.25, -0.2) is 21.6 Å². The summed E-state index contributed by atoms with van der Waals surface area (Å²) in [6.45, 7) is 1.52. The largest absolute Gasteiger partial charge is 0.345 e. The van der Waals surface area contributed by atoms with Crippen molar-refractivity contribution in [2.45, 2.75) is 38.2 Å². The first kappa shape index (κ1) is 22.3. The molecule has 0 radical (unpaired) electrons. The summed E-state index contributed by atoms with van der Waals surface area (Å²) in [4.78, 5) is 13.1. The van der Waals surface area contributed by atoms with E-state index >= 15 is 0 Å². The Labute approximate surface area is 183 Å². The maximum absolute atomic E-state index is 14.5. The molecule has 1 saturated heterocycles. The van der Waals surface area contributed by atoms with Crippen LogP contribution in [0, 0.1) is 5.82 Å². The molecule has 4 rings (SSSR count). The Bertz CT molecular complexity index is 1260. The molecule has 3 aromatic rings. The number of halogens is 3.